The van der Waals surface area contributed by atoms with Crippen LogP contribution >= 0.6 is 11.8 Å². The van der Waals surface area contributed by atoms with E-state index < -0.39 is 4.92 Å². The van der Waals surface area contributed by atoms with Gasteiger partial charge >= 0.3 is 0 Å². The van der Waals surface area contributed by atoms with Gasteiger partial charge in [-0.1, -0.05) is 23.9 Å². The van der Waals surface area contributed by atoms with Gasteiger partial charge in [-0.25, -0.2) is 0 Å². The molecule has 0 heterocycles. The molecule has 0 bridgehead atoms. The third-order valence-electron chi connectivity index (χ3n) is 2.83. The number of aryl methyl sites for hydroxylation is 1. The number of nitro benzene ring substituents is 1. The second-order valence-electron chi connectivity index (χ2n) is 4.19. The SMILES string of the molecule is COc1ccccc1Sc1cc(C)c(N)cc1[N+](=O)[O-]. The standard InChI is InChI=1S/C14H14N2O3S/c1-9-7-14(11(16(17)18)8-10(9)15)20-13-6-4-3-5-12(13)19-2/h3-8H,15H2,1-2H3. The van der Waals surface area contributed by atoms with Gasteiger partial charge in [-0.15, -0.1) is 0 Å². The van der Waals surface area contributed by atoms with Crippen LogP contribution in [0.15, 0.2) is 46.2 Å². The van der Waals surface area contributed by atoms with Gasteiger partial charge in [0.05, 0.1) is 21.8 Å². The monoisotopic (exact) mass is 290 g/mol. The van der Waals surface area contributed by atoms with E-state index in [1.807, 2.05) is 31.2 Å². The first-order chi connectivity index (χ1) is 9.52. The summed E-state index contributed by atoms with van der Waals surface area (Å²) in [5.74, 6) is 0.682. The molecule has 0 spiro atoms. The quantitative estimate of drug-likeness (QED) is 0.528. The van der Waals surface area contributed by atoms with Crippen molar-refractivity contribution in [2.75, 3.05) is 12.8 Å². The van der Waals surface area contributed by atoms with Crippen LogP contribution in [0.4, 0.5) is 11.4 Å². The highest BCUT2D eigenvalue weighted by Crippen LogP contribution is 2.40. The Morgan fingerprint density at radius 3 is 2.60 bits per heavy atom. The van der Waals surface area contributed by atoms with Crippen molar-refractivity contribution in [2.24, 2.45) is 0 Å². The van der Waals surface area contributed by atoms with Gasteiger partial charge in [0.25, 0.3) is 5.69 Å². The number of hydrogen-bond donors (Lipinski definition) is 1. The Kier molecular flexibility index (Phi) is 4.14. The molecule has 5 nitrogen and oxygen atoms in total. The molecule has 2 N–H and O–H groups in total. The lowest BCUT2D eigenvalue weighted by Crippen LogP contribution is -1.96. The summed E-state index contributed by atoms with van der Waals surface area (Å²) in [6.07, 6.45) is 0. The van der Waals surface area contributed by atoms with E-state index in [-0.39, 0.29) is 5.69 Å². The molecule has 104 valence electrons. The van der Waals surface area contributed by atoms with Crippen molar-refractivity contribution >= 4 is 23.1 Å². The highest BCUT2D eigenvalue weighted by atomic mass is 32.2. The lowest BCUT2D eigenvalue weighted by atomic mass is 10.2. The Labute approximate surface area is 120 Å². The van der Waals surface area contributed by atoms with E-state index in [1.165, 1.54) is 17.8 Å². The summed E-state index contributed by atoms with van der Waals surface area (Å²) in [5, 5.41) is 11.1. The molecular weight excluding hydrogens is 276 g/mol. The molecule has 0 atom stereocenters. The number of hydrogen-bond acceptors (Lipinski definition) is 5. The largest absolute Gasteiger partial charge is 0.496 e. The first-order valence-electron chi connectivity index (χ1n) is 5.88. The zero-order chi connectivity index (χ0) is 14.7. The van der Waals surface area contributed by atoms with Crippen LogP contribution in [0.3, 0.4) is 0 Å². The molecule has 2 aromatic carbocycles. The summed E-state index contributed by atoms with van der Waals surface area (Å²) in [5.41, 5.74) is 6.97. The van der Waals surface area contributed by atoms with E-state index in [1.54, 1.807) is 13.2 Å². The number of nitrogens with zero attached hydrogens (tertiary/aromatic N) is 1. The fraction of sp³-hybridized carbons (Fsp3) is 0.143. The summed E-state index contributed by atoms with van der Waals surface area (Å²) in [6.45, 7) is 1.82. The number of para-hydroxylation sites is 1. The van der Waals surface area contributed by atoms with Crippen molar-refractivity contribution in [3.05, 3.63) is 52.1 Å². The molecule has 2 aromatic rings. The van der Waals surface area contributed by atoms with Crippen molar-refractivity contribution in [1.82, 2.24) is 0 Å². The highest BCUT2D eigenvalue weighted by molar-refractivity contribution is 7.99. The molecule has 0 aliphatic rings. The van der Waals surface area contributed by atoms with Crippen LogP contribution < -0.4 is 10.5 Å². The molecule has 0 fully saturated rings. The van der Waals surface area contributed by atoms with Crippen molar-refractivity contribution in [3.8, 4) is 5.75 Å². The Bertz CT molecular complexity index is 659. The van der Waals surface area contributed by atoms with Crippen LogP contribution in [0.5, 0.6) is 5.75 Å². The minimum absolute atomic E-state index is 0.00371. The molecule has 0 aliphatic carbocycles. The van der Waals surface area contributed by atoms with Crippen LogP contribution in [0.25, 0.3) is 0 Å². The summed E-state index contributed by atoms with van der Waals surface area (Å²) >= 11 is 1.29. The van der Waals surface area contributed by atoms with Gasteiger partial charge in [0.2, 0.25) is 0 Å². The molecular formula is C14H14N2O3S. The number of nitrogens with two attached hydrogens (primary N) is 1. The number of nitrogen functional groups attached to an aromatic ring is 1. The number of methoxy groups -OCH3 is 1. The van der Waals surface area contributed by atoms with E-state index in [4.69, 9.17) is 10.5 Å². The maximum absolute atomic E-state index is 11.1. The molecule has 0 aromatic heterocycles. The van der Waals surface area contributed by atoms with Crippen molar-refractivity contribution < 1.29 is 9.66 Å². The molecule has 0 aliphatic heterocycles. The minimum Gasteiger partial charge on any atom is -0.496 e. The molecule has 20 heavy (non-hydrogen) atoms. The third-order valence-corrected chi connectivity index (χ3v) is 3.94. The summed E-state index contributed by atoms with van der Waals surface area (Å²) < 4.78 is 5.26. The molecule has 0 unspecified atom stereocenters. The van der Waals surface area contributed by atoms with Crippen LogP contribution in [0.1, 0.15) is 5.56 Å². The second kappa shape index (κ2) is 5.83. The number of nitro groups is 1. The first-order valence-corrected chi connectivity index (χ1v) is 6.70. The number of anilines is 1. The number of ether oxygens (including phenoxy) is 1. The van der Waals surface area contributed by atoms with E-state index in [0.29, 0.717) is 16.3 Å². The molecule has 0 radical (unpaired) electrons. The summed E-state index contributed by atoms with van der Waals surface area (Å²) in [7, 11) is 1.57. The molecule has 6 heteroatoms. The normalized spacial score (nSPS) is 10.3. The Morgan fingerprint density at radius 1 is 1.25 bits per heavy atom. The third kappa shape index (κ3) is 2.85. The van der Waals surface area contributed by atoms with Crippen molar-refractivity contribution in [1.29, 1.82) is 0 Å². The van der Waals surface area contributed by atoms with Gasteiger partial charge in [0, 0.05) is 11.8 Å². The van der Waals surface area contributed by atoms with Gasteiger partial charge in [-0.05, 0) is 30.7 Å². The molecule has 2 rings (SSSR count). The Morgan fingerprint density at radius 2 is 1.95 bits per heavy atom. The van der Waals surface area contributed by atoms with Crippen molar-refractivity contribution in [2.45, 2.75) is 16.7 Å². The van der Waals surface area contributed by atoms with Gasteiger partial charge in [-0.2, -0.15) is 0 Å². The maximum atomic E-state index is 11.1. The lowest BCUT2D eigenvalue weighted by Gasteiger charge is -2.09. The van der Waals surface area contributed by atoms with Crippen LogP contribution in [0.2, 0.25) is 0 Å². The smallest absolute Gasteiger partial charge is 0.285 e. The summed E-state index contributed by atoms with van der Waals surface area (Å²) in [6, 6.07) is 10.5. The van der Waals surface area contributed by atoms with Gasteiger partial charge in [-0.3, -0.25) is 10.1 Å². The van der Waals surface area contributed by atoms with Crippen LogP contribution in [-0.2, 0) is 0 Å². The predicted octanol–water partition coefficient (Wildman–Crippen LogP) is 3.65. The lowest BCUT2D eigenvalue weighted by molar-refractivity contribution is -0.387. The topological polar surface area (TPSA) is 78.4 Å². The molecule has 0 saturated carbocycles. The van der Waals surface area contributed by atoms with Crippen LogP contribution in [-0.4, -0.2) is 12.0 Å². The minimum atomic E-state index is -0.423. The average Bonchev–Trinajstić information content (AvgIpc) is 2.43. The van der Waals surface area contributed by atoms with Gasteiger partial charge < -0.3 is 10.5 Å². The zero-order valence-electron chi connectivity index (χ0n) is 11.1. The maximum Gasteiger partial charge on any atom is 0.285 e. The van der Waals surface area contributed by atoms with E-state index in [9.17, 15) is 10.1 Å². The van der Waals surface area contributed by atoms with E-state index >= 15 is 0 Å². The van der Waals surface area contributed by atoms with Gasteiger partial charge in [0.15, 0.2) is 0 Å². The Balaban J connectivity index is 2.47. The van der Waals surface area contributed by atoms with E-state index in [0.717, 1.165) is 10.5 Å². The molecule has 0 amide bonds. The fourth-order valence-electron chi connectivity index (χ4n) is 1.73. The fourth-order valence-corrected chi connectivity index (χ4v) is 2.84. The van der Waals surface area contributed by atoms with Crippen molar-refractivity contribution in [3.63, 3.8) is 0 Å². The molecule has 0 saturated heterocycles. The summed E-state index contributed by atoms with van der Waals surface area (Å²) in [4.78, 5) is 12.1. The average molecular weight is 290 g/mol. The number of benzene rings is 2. The Hall–Kier alpha value is -2.21. The van der Waals surface area contributed by atoms with Gasteiger partial charge in [0.1, 0.15) is 5.75 Å². The first kappa shape index (κ1) is 14.2. The highest BCUT2D eigenvalue weighted by Gasteiger charge is 2.18. The number of rotatable bonds is 4. The zero-order valence-corrected chi connectivity index (χ0v) is 11.9. The van der Waals surface area contributed by atoms with Crippen LogP contribution in [0, 0.1) is 17.0 Å². The second-order valence-corrected chi connectivity index (χ2v) is 5.27. The van der Waals surface area contributed by atoms with E-state index in [2.05, 4.69) is 0 Å². The predicted molar refractivity (Wildman–Crippen MR) is 79.4 cm³/mol.